The second-order valence-electron chi connectivity index (χ2n) is 9.43. The van der Waals surface area contributed by atoms with Crippen LogP contribution in [-0.4, -0.2) is 49.0 Å². The van der Waals surface area contributed by atoms with E-state index in [-0.39, 0.29) is 18.4 Å². The van der Waals surface area contributed by atoms with Crippen molar-refractivity contribution >= 4 is 11.9 Å². The van der Waals surface area contributed by atoms with Crippen molar-refractivity contribution in [1.29, 1.82) is 0 Å². The van der Waals surface area contributed by atoms with E-state index in [0.29, 0.717) is 49.8 Å². The first kappa shape index (κ1) is 30.5. The molecule has 1 aromatic heterocycles. The van der Waals surface area contributed by atoms with Crippen molar-refractivity contribution in [2.45, 2.75) is 39.8 Å². The Balaban J connectivity index is 1.58. The monoisotopic (exact) mass is 573 g/mol. The predicted octanol–water partition coefficient (Wildman–Crippen LogP) is 6.73. The summed E-state index contributed by atoms with van der Waals surface area (Å²) in [6, 6.07) is 25.1. The fraction of sp³-hybridized carbons (Fsp3) is 0.294. The predicted molar refractivity (Wildman–Crippen MR) is 159 cm³/mol. The minimum absolute atomic E-state index is 0.244. The molecule has 0 fully saturated rings. The van der Waals surface area contributed by atoms with Crippen LogP contribution in [0.25, 0.3) is 22.5 Å². The third-order valence-corrected chi connectivity index (χ3v) is 6.62. The van der Waals surface area contributed by atoms with Gasteiger partial charge in [0.05, 0.1) is 31.0 Å². The molecule has 4 rings (SSSR count). The van der Waals surface area contributed by atoms with Gasteiger partial charge < -0.3 is 23.5 Å². The third-order valence-electron chi connectivity index (χ3n) is 6.62. The second kappa shape index (κ2) is 15.0. The molecule has 0 aliphatic heterocycles. The Morgan fingerprint density at radius 1 is 0.810 bits per heavy atom. The maximum absolute atomic E-state index is 13.8. The average molecular weight is 574 g/mol. The molecule has 220 valence electrons. The van der Waals surface area contributed by atoms with E-state index in [1.54, 1.807) is 32.0 Å². The summed E-state index contributed by atoms with van der Waals surface area (Å²) in [6.07, 6.45) is -0.264. The van der Waals surface area contributed by atoms with E-state index in [1.165, 1.54) is 12.1 Å². The molecule has 0 spiro atoms. The summed E-state index contributed by atoms with van der Waals surface area (Å²) in [4.78, 5) is 25.3. The Hall–Kier alpha value is -4.43. The quantitative estimate of drug-likeness (QED) is 0.156. The van der Waals surface area contributed by atoms with Gasteiger partial charge in [-0.15, -0.1) is 0 Å². The first-order valence-corrected chi connectivity index (χ1v) is 14.2. The molecule has 0 saturated heterocycles. The molecule has 4 aromatic rings. The van der Waals surface area contributed by atoms with Gasteiger partial charge in [-0.2, -0.15) is 0 Å². The molecule has 0 N–H and O–H groups in total. The Labute approximate surface area is 245 Å². The molecule has 42 heavy (non-hydrogen) atoms. The number of aromatic nitrogens is 1. The van der Waals surface area contributed by atoms with Gasteiger partial charge in [0.2, 0.25) is 0 Å². The smallest absolute Gasteiger partial charge is 0.340 e. The Bertz CT molecular complexity index is 1450. The zero-order valence-electron chi connectivity index (χ0n) is 24.2. The molecule has 3 aromatic carbocycles. The molecule has 1 heterocycles. The van der Waals surface area contributed by atoms with Gasteiger partial charge in [-0.3, -0.25) is 0 Å². The maximum Gasteiger partial charge on any atom is 0.340 e. The molecule has 0 radical (unpaired) electrons. The van der Waals surface area contributed by atoms with Crippen molar-refractivity contribution < 1.29 is 32.9 Å². The van der Waals surface area contributed by atoms with Crippen LogP contribution in [0.5, 0.6) is 5.75 Å². The normalized spacial score (nSPS) is 11.6. The zero-order valence-corrected chi connectivity index (χ0v) is 24.2. The minimum Gasteiger partial charge on any atom is -0.492 e. The molecule has 0 bridgehead atoms. The molecular weight excluding hydrogens is 537 g/mol. The van der Waals surface area contributed by atoms with Crippen LogP contribution in [0, 0.1) is 5.82 Å². The lowest BCUT2D eigenvalue weighted by Crippen LogP contribution is -2.28. The first-order valence-electron chi connectivity index (χ1n) is 14.2. The van der Waals surface area contributed by atoms with Crippen molar-refractivity contribution in [2.75, 3.05) is 26.4 Å². The van der Waals surface area contributed by atoms with Gasteiger partial charge in [0.1, 0.15) is 18.2 Å². The Morgan fingerprint density at radius 3 is 2.14 bits per heavy atom. The molecule has 0 amide bonds. The van der Waals surface area contributed by atoms with Crippen LogP contribution in [-0.2, 0) is 32.0 Å². The number of esters is 2. The van der Waals surface area contributed by atoms with Gasteiger partial charge in [-0.05, 0) is 79.9 Å². The lowest BCUT2D eigenvalue weighted by molar-refractivity contribution is -0.156. The molecule has 0 aliphatic carbocycles. The highest BCUT2D eigenvalue weighted by Gasteiger charge is 2.24. The second-order valence-corrected chi connectivity index (χ2v) is 9.43. The van der Waals surface area contributed by atoms with Crippen LogP contribution in [0.1, 0.15) is 36.7 Å². The number of benzene rings is 3. The van der Waals surface area contributed by atoms with Crippen LogP contribution >= 0.6 is 0 Å². The summed E-state index contributed by atoms with van der Waals surface area (Å²) in [5, 5.41) is 0. The van der Waals surface area contributed by atoms with E-state index < -0.39 is 12.1 Å². The van der Waals surface area contributed by atoms with Gasteiger partial charge in [0, 0.05) is 18.7 Å². The van der Waals surface area contributed by atoms with Crippen LogP contribution in [0.4, 0.5) is 4.39 Å². The summed E-state index contributed by atoms with van der Waals surface area (Å²) in [6.45, 7) is 7.04. The van der Waals surface area contributed by atoms with E-state index in [1.807, 2.05) is 66.1 Å². The first-order chi connectivity index (χ1) is 20.4. The summed E-state index contributed by atoms with van der Waals surface area (Å²) >= 11 is 0. The largest absolute Gasteiger partial charge is 0.492 e. The van der Waals surface area contributed by atoms with Crippen molar-refractivity contribution in [3.05, 3.63) is 102 Å². The SMILES string of the molecule is CCOC(=O)c1cc(-c2ccc(F)cc2)n(CCOc2ccc(CC(OCC)C(=O)OCC)cc2)c1-c1ccccc1. The van der Waals surface area contributed by atoms with E-state index in [4.69, 9.17) is 18.9 Å². The minimum atomic E-state index is -0.662. The van der Waals surface area contributed by atoms with Crippen LogP contribution in [0.3, 0.4) is 0 Å². The number of hydrogen-bond acceptors (Lipinski definition) is 6. The third kappa shape index (κ3) is 7.64. The highest BCUT2D eigenvalue weighted by atomic mass is 19.1. The number of carbonyl (C=O) groups is 2. The molecule has 1 atom stereocenters. The van der Waals surface area contributed by atoms with Crippen LogP contribution < -0.4 is 4.74 Å². The van der Waals surface area contributed by atoms with E-state index in [0.717, 1.165) is 22.4 Å². The van der Waals surface area contributed by atoms with Crippen molar-refractivity contribution in [3.63, 3.8) is 0 Å². The van der Waals surface area contributed by atoms with Gasteiger partial charge in [0.25, 0.3) is 0 Å². The number of rotatable bonds is 14. The molecule has 8 heteroatoms. The van der Waals surface area contributed by atoms with Crippen LogP contribution in [0.2, 0.25) is 0 Å². The van der Waals surface area contributed by atoms with Crippen molar-refractivity contribution in [1.82, 2.24) is 4.57 Å². The van der Waals surface area contributed by atoms with Crippen molar-refractivity contribution in [2.24, 2.45) is 0 Å². The Morgan fingerprint density at radius 2 is 1.50 bits per heavy atom. The molecular formula is C34H36FNO6. The summed E-state index contributed by atoms with van der Waals surface area (Å²) < 4.78 is 38.0. The van der Waals surface area contributed by atoms with E-state index in [9.17, 15) is 14.0 Å². The number of nitrogens with zero attached hydrogens (tertiary/aromatic N) is 1. The average Bonchev–Trinajstić information content (AvgIpc) is 3.38. The molecule has 7 nitrogen and oxygen atoms in total. The van der Waals surface area contributed by atoms with Crippen LogP contribution in [0.15, 0.2) is 84.9 Å². The topological polar surface area (TPSA) is 76.0 Å². The maximum atomic E-state index is 13.8. The van der Waals surface area contributed by atoms with Crippen molar-refractivity contribution in [3.8, 4) is 28.3 Å². The summed E-state index contributed by atoms with van der Waals surface area (Å²) in [7, 11) is 0. The number of carbonyl (C=O) groups excluding carboxylic acids is 2. The number of halogens is 1. The van der Waals surface area contributed by atoms with Gasteiger partial charge >= 0.3 is 11.9 Å². The van der Waals surface area contributed by atoms with E-state index in [2.05, 4.69) is 0 Å². The lowest BCUT2D eigenvalue weighted by Gasteiger charge is -2.17. The number of ether oxygens (including phenoxy) is 4. The standard InChI is InChI=1S/C34H36FNO6/c1-4-39-31(34(38)41-6-3)22-24-12-18-28(19-13-24)42-21-20-36-30(25-14-16-27(35)17-15-25)23-29(33(37)40-5-2)32(36)26-10-8-7-9-11-26/h7-19,23,31H,4-6,20-22H2,1-3H3. The fourth-order valence-electron chi connectivity index (χ4n) is 4.75. The number of hydrogen-bond donors (Lipinski definition) is 0. The van der Waals surface area contributed by atoms with Gasteiger partial charge in [0.15, 0.2) is 6.10 Å². The lowest BCUT2D eigenvalue weighted by atomic mass is 10.1. The molecule has 0 aliphatic rings. The Kier molecular flexibility index (Phi) is 10.9. The van der Waals surface area contributed by atoms with Gasteiger partial charge in [-0.25, -0.2) is 14.0 Å². The highest BCUT2D eigenvalue weighted by Crippen LogP contribution is 2.34. The summed E-state index contributed by atoms with van der Waals surface area (Å²) in [5.74, 6) is -0.486. The molecule has 1 unspecified atom stereocenters. The van der Waals surface area contributed by atoms with Gasteiger partial charge in [-0.1, -0.05) is 42.5 Å². The highest BCUT2D eigenvalue weighted by molar-refractivity contribution is 5.98. The van der Waals surface area contributed by atoms with E-state index >= 15 is 0 Å². The summed E-state index contributed by atoms with van der Waals surface area (Å²) in [5.41, 5.74) is 4.41. The fourth-order valence-corrected chi connectivity index (χ4v) is 4.75. The molecule has 0 saturated carbocycles. The zero-order chi connectivity index (χ0) is 29.9.